The first kappa shape index (κ1) is 17.2. The molecule has 4 nitrogen and oxygen atoms in total. The van der Waals surface area contributed by atoms with Gasteiger partial charge in [-0.25, -0.2) is 4.39 Å². The number of carbonyl (C=O) groups is 1. The van der Waals surface area contributed by atoms with E-state index in [-0.39, 0.29) is 30.5 Å². The Bertz CT molecular complexity index is 473. The summed E-state index contributed by atoms with van der Waals surface area (Å²) in [5.41, 5.74) is 0.125. The number of hydrogen-bond acceptors (Lipinski definition) is 3. The quantitative estimate of drug-likeness (QED) is 0.896. The van der Waals surface area contributed by atoms with Crippen molar-refractivity contribution in [3.8, 4) is 0 Å². The lowest BCUT2D eigenvalue weighted by Gasteiger charge is -2.33. The van der Waals surface area contributed by atoms with Crippen LogP contribution in [0.25, 0.3) is 0 Å². The Hall–Kier alpha value is -0.880. The van der Waals surface area contributed by atoms with Crippen LogP contribution in [0.5, 0.6) is 0 Å². The molecule has 20 heavy (non-hydrogen) atoms. The lowest BCUT2D eigenvalue weighted by Crippen LogP contribution is -2.52. The minimum Gasteiger partial charge on any atom is -0.322 e. The standard InChI is InChI=1S/C13H17ClFN3O.ClH/c1-9-7-16-4-5-18(9)8-13(19)17-12-6-10(14)2-3-11(12)15;/h2-3,6,9,16H,4-5,7-8H2,1H3,(H,17,19);1H/t9-;/m0./s1. The van der Waals surface area contributed by atoms with E-state index in [9.17, 15) is 9.18 Å². The summed E-state index contributed by atoms with van der Waals surface area (Å²) in [7, 11) is 0. The fraction of sp³-hybridized carbons (Fsp3) is 0.462. The Labute approximate surface area is 129 Å². The molecule has 1 heterocycles. The van der Waals surface area contributed by atoms with Gasteiger partial charge in [0.05, 0.1) is 12.2 Å². The molecule has 112 valence electrons. The molecule has 1 fully saturated rings. The van der Waals surface area contributed by atoms with E-state index in [4.69, 9.17) is 11.6 Å². The molecule has 1 aliphatic heterocycles. The van der Waals surface area contributed by atoms with Gasteiger partial charge in [0.2, 0.25) is 5.91 Å². The zero-order valence-electron chi connectivity index (χ0n) is 11.2. The Morgan fingerprint density at radius 2 is 2.35 bits per heavy atom. The summed E-state index contributed by atoms with van der Waals surface area (Å²) in [6.45, 7) is 4.85. The van der Waals surface area contributed by atoms with Crippen LogP contribution in [-0.2, 0) is 4.79 Å². The number of nitrogens with zero attached hydrogens (tertiary/aromatic N) is 1. The number of benzene rings is 1. The van der Waals surface area contributed by atoms with E-state index in [0.29, 0.717) is 11.1 Å². The molecule has 0 radical (unpaired) electrons. The Kier molecular flexibility index (Phi) is 6.68. The van der Waals surface area contributed by atoms with Gasteiger partial charge in [-0.15, -0.1) is 12.4 Å². The molecule has 7 heteroatoms. The molecule has 1 aromatic carbocycles. The molecule has 1 aromatic rings. The Morgan fingerprint density at radius 3 is 3.05 bits per heavy atom. The molecule has 0 bridgehead atoms. The molecule has 1 atom stereocenters. The van der Waals surface area contributed by atoms with Crippen molar-refractivity contribution in [3.63, 3.8) is 0 Å². The second-order valence-corrected chi connectivity index (χ2v) is 5.13. The van der Waals surface area contributed by atoms with Crippen LogP contribution in [-0.4, -0.2) is 43.0 Å². The van der Waals surface area contributed by atoms with Crippen molar-refractivity contribution in [1.29, 1.82) is 0 Å². The number of hydrogen-bond donors (Lipinski definition) is 2. The van der Waals surface area contributed by atoms with E-state index < -0.39 is 5.82 Å². The average molecular weight is 322 g/mol. The third-order valence-electron chi connectivity index (χ3n) is 3.19. The van der Waals surface area contributed by atoms with Gasteiger partial charge < -0.3 is 10.6 Å². The lowest BCUT2D eigenvalue weighted by atomic mass is 10.2. The van der Waals surface area contributed by atoms with E-state index in [0.717, 1.165) is 19.6 Å². The summed E-state index contributed by atoms with van der Waals surface area (Å²) in [4.78, 5) is 14.0. The predicted molar refractivity (Wildman–Crippen MR) is 81.2 cm³/mol. The summed E-state index contributed by atoms with van der Waals surface area (Å²) in [6, 6.07) is 4.40. The normalized spacial score (nSPS) is 19.2. The van der Waals surface area contributed by atoms with Crippen LogP contribution in [0.3, 0.4) is 0 Å². The van der Waals surface area contributed by atoms with Gasteiger partial charge in [0.25, 0.3) is 0 Å². The average Bonchev–Trinajstić information content (AvgIpc) is 2.37. The molecule has 2 N–H and O–H groups in total. The molecule has 0 aliphatic carbocycles. The predicted octanol–water partition coefficient (Wildman–Crippen LogP) is 2.13. The molecule has 1 amide bonds. The maximum absolute atomic E-state index is 13.5. The molecular weight excluding hydrogens is 304 g/mol. The van der Waals surface area contributed by atoms with Crippen molar-refractivity contribution in [1.82, 2.24) is 10.2 Å². The van der Waals surface area contributed by atoms with Crippen molar-refractivity contribution in [2.45, 2.75) is 13.0 Å². The smallest absolute Gasteiger partial charge is 0.238 e. The highest BCUT2D eigenvalue weighted by molar-refractivity contribution is 6.30. The van der Waals surface area contributed by atoms with E-state index in [1.807, 2.05) is 0 Å². The van der Waals surface area contributed by atoms with Crippen molar-refractivity contribution in [2.24, 2.45) is 0 Å². The SMILES string of the molecule is C[C@H]1CNCCN1CC(=O)Nc1cc(Cl)ccc1F.Cl. The van der Waals surface area contributed by atoms with Crippen LogP contribution in [0.4, 0.5) is 10.1 Å². The summed E-state index contributed by atoms with van der Waals surface area (Å²) in [5.74, 6) is -0.707. The first-order valence-corrected chi connectivity index (χ1v) is 6.64. The number of anilines is 1. The second kappa shape index (κ2) is 7.78. The summed E-state index contributed by atoms with van der Waals surface area (Å²) in [6.07, 6.45) is 0. The molecule has 2 rings (SSSR count). The molecule has 0 saturated carbocycles. The number of halogens is 3. The second-order valence-electron chi connectivity index (χ2n) is 4.70. The first-order chi connectivity index (χ1) is 9.06. The first-order valence-electron chi connectivity index (χ1n) is 6.26. The van der Waals surface area contributed by atoms with E-state index in [2.05, 4.69) is 22.5 Å². The van der Waals surface area contributed by atoms with E-state index >= 15 is 0 Å². The van der Waals surface area contributed by atoms with Crippen molar-refractivity contribution in [2.75, 3.05) is 31.5 Å². The van der Waals surface area contributed by atoms with Gasteiger partial charge in [0.15, 0.2) is 0 Å². The van der Waals surface area contributed by atoms with Crippen LogP contribution < -0.4 is 10.6 Å². The van der Waals surface area contributed by atoms with Gasteiger partial charge in [-0.05, 0) is 25.1 Å². The fourth-order valence-electron chi connectivity index (χ4n) is 2.09. The molecule has 1 saturated heterocycles. The maximum atomic E-state index is 13.5. The minimum atomic E-state index is -0.480. The van der Waals surface area contributed by atoms with Crippen LogP contribution in [0.1, 0.15) is 6.92 Å². The highest BCUT2D eigenvalue weighted by Gasteiger charge is 2.20. The van der Waals surface area contributed by atoms with E-state index in [1.54, 1.807) is 0 Å². The monoisotopic (exact) mass is 321 g/mol. The van der Waals surface area contributed by atoms with Crippen LogP contribution in [0.2, 0.25) is 5.02 Å². The van der Waals surface area contributed by atoms with Crippen LogP contribution in [0, 0.1) is 5.82 Å². The van der Waals surface area contributed by atoms with Gasteiger partial charge in [-0.2, -0.15) is 0 Å². The van der Waals surface area contributed by atoms with Crippen LogP contribution in [0.15, 0.2) is 18.2 Å². The zero-order valence-corrected chi connectivity index (χ0v) is 12.7. The molecule has 0 spiro atoms. The number of nitrogens with one attached hydrogen (secondary N) is 2. The zero-order chi connectivity index (χ0) is 13.8. The summed E-state index contributed by atoms with van der Waals surface area (Å²) < 4.78 is 13.5. The third kappa shape index (κ3) is 4.59. The molecular formula is C13H18Cl2FN3O. The lowest BCUT2D eigenvalue weighted by molar-refractivity contribution is -0.118. The van der Waals surface area contributed by atoms with Crippen LogP contribution >= 0.6 is 24.0 Å². The van der Waals surface area contributed by atoms with E-state index in [1.165, 1.54) is 18.2 Å². The van der Waals surface area contributed by atoms with Gasteiger partial charge in [0, 0.05) is 30.7 Å². The Balaban J connectivity index is 0.00000200. The topological polar surface area (TPSA) is 44.4 Å². The summed E-state index contributed by atoms with van der Waals surface area (Å²) >= 11 is 5.78. The fourth-order valence-corrected chi connectivity index (χ4v) is 2.26. The molecule has 1 aliphatic rings. The highest BCUT2D eigenvalue weighted by atomic mass is 35.5. The third-order valence-corrected chi connectivity index (χ3v) is 3.42. The van der Waals surface area contributed by atoms with Crippen molar-refractivity contribution in [3.05, 3.63) is 29.0 Å². The summed E-state index contributed by atoms with van der Waals surface area (Å²) in [5, 5.41) is 6.21. The highest BCUT2D eigenvalue weighted by Crippen LogP contribution is 2.19. The molecule has 0 aromatic heterocycles. The van der Waals surface area contributed by atoms with Gasteiger partial charge >= 0.3 is 0 Å². The number of amides is 1. The number of carbonyl (C=O) groups excluding carboxylic acids is 1. The van der Waals surface area contributed by atoms with Gasteiger partial charge in [0.1, 0.15) is 5.82 Å². The number of rotatable bonds is 3. The maximum Gasteiger partial charge on any atom is 0.238 e. The van der Waals surface area contributed by atoms with Gasteiger partial charge in [-0.3, -0.25) is 9.69 Å². The molecule has 0 unspecified atom stereocenters. The van der Waals surface area contributed by atoms with Crippen molar-refractivity contribution >= 4 is 35.6 Å². The van der Waals surface area contributed by atoms with Crippen molar-refractivity contribution < 1.29 is 9.18 Å². The minimum absolute atomic E-state index is 0. The van der Waals surface area contributed by atoms with Gasteiger partial charge in [-0.1, -0.05) is 11.6 Å². The Morgan fingerprint density at radius 1 is 1.60 bits per heavy atom. The number of piperazine rings is 1. The largest absolute Gasteiger partial charge is 0.322 e.